The van der Waals surface area contributed by atoms with Gasteiger partial charge in [0.15, 0.2) is 0 Å². The molecular formula is C11H16. The summed E-state index contributed by atoms with van der Waals surface area (Å²) in [5.41, 5.74) is 1.87. The van der Waals surface area contributed by atoms with Crippen molar-refractivity contribution >= 4 is 0 Å². The molecule has 0 aromatic carbocycles. The highest BCUT2D eigenvalue weighted by Crippen LogP contribution is 2.56. The highest BCUT2D eigenvalue weighted by atomic mass is 14.5. The first-order valence-electron chi connectivity index (χ1n) is 5.06. The summed E-state index contributed by atoms with van der Waals surface area (Å²) in [5.74, 6) is 4.09. The van der Waals surface area contributed by atoms with Crippen LogP contribution >= 0.6 is 0 Å². The Hall–Kier alpha value is -0.260. The standard InChI is InChI=1S/C11H16/c1-7-4-10-8-2-3-9(6-8)11(10)5-7/h4,7-9,11H,2-3,5-6H2,1H3. The van der Waals surface area contributed by atoms with Gasteiger partial charge >= 0.3 is 0 Å². The molecule has 0 N–H and O–H groups in total. The zero-order valence-corrected chi connectivity index (χ0v) is 7.22. The minimum atomic E-state index is 0.901. The van der Waals surface area contributed by atoms with Gasteiger partial charge < -0.3 is 0 Å². The Kier molecular flexibility index (Phi) is 1.09. The fraction of sp³-hybridized carbons (Fsp3) is 0.818. The van der Waals surface area contributed by atoms with Crippen LogP contribution in [-0.2, 0) is 0 Å². The molecular weight excluding hydrogens is 132 g/mol. The lowest BCUT2D eigenvalue weighted by Gasteiger charge is -2.19. The predicted octanol–water partition coefficient (Wildman–Crippen LogP) is 3.00. The van der Waals surface area contributed by atoms with Crippen LogP contribution in [0.1, 0.15) is 32.6 Å². The third-order valence-electron chi connectivity index (χ3n) is 4.04. The van der Waals surface area contributed by atoms with E-state index in [4.69, 9.17) is 0 Å². The Morgan fingerprint density at radius 2 is 2.18 bits per heavy atom. The Morgan fingerprint density at radius 1 is 1.27 bits per heavy atom. The molecule has 0 aliphatic heterocycles. The van der Waals surface area contributed by atoms with Gasteiger partial charge in [-0.1, -0.05) is 18.6 Å². The first-order chi connectivity index (χ1) is 5.34. The normalized spacial score (nSPS) is 53.0. The molecule has 0 amide bonds. The second-order valence-corrected chi connectivity index (χ2v) is 4.76. The van der Waals surface area contributed by atoms with Crippen molar-refractivity contribution in [3.8, 4) is 0 Å². The fourth-order valence-corrected chi connectivity index (χ4v) is 3.64. The van der Waals surface area contributed by atoms with E-state index in [0.29, 0.717) is 0 Å². The summed E-state index contributed by atoms with van der Waals surface area (Å²) in [6.45, 7) is 2.38. The Morgan fingerprint density at radius 3 is 3.00 bits per heavy atom. The molecule has 4 unspecified atom stereocenters. The van der Waals surface area contributed by atoms with Crippen molar-refractivity contribution < 1.29 is 0 Å². The number of hydrogen-bond acceptors (Lipinski definition) is 0. The first kappa shape index (κ1) is 6.28. The highest BCUT2D eigenvalue weighted by Gasteiger charge is 2.45. The average Bonchev–Trinajstić information content (AvgIpc) is 2.53. The summed E-state index contributed by atoms with van der Waals surface area (Å²) >= 11 is 0. The smallest absolute Gasteiger partial charge is 0.0166 e. The van der Waals surface area contributed by atoms with Crippen LogP contribution in [0.15, 0.2) is 11.6 Å². The molecule has 3 rings (SSSR count). The van der Waals surface area contributed by atoms with Gasteiger partial charge in [0.1, 0.15) is 0 Å². The molecule has 0 aromatic heterocycles. The maximum atomic E-state index is 2.58. The molecule has 2 fully saturated rings. The van der Waals surface area contributed by atoms with Crippen LogP contribution in [0, 0.1) is 23.7 Å². The van der Waals surface area contributed by atoms with Gasteiger partial charge in [0.05, 0.1) is 0 Å². The van der Waals surface area contributed by atoms with Crippen molar-refractivity contribution in [2.24, 2.45) is 23.7 Å². The molecule has 0 spiro atoms. The predicted molar refractivity (Wildman–Crippen MR) is 46.2 cm³/mol. The molecule has 3 aliphatic carbocycles. The third-order valence-corrected chi connectivity index (χ3v) is 4.04. The Balaban J connectivity index is 1.98. The quantitative estimate of drug-likeness (QED) is 0.463. The van der Waals surface area contributed by atoms with Crippen LogP contribution < -0.4 is 0 Å². The molecule has 0 saturated heterocycles. The van der Waals surface area contributed by atoms with Crippen LogP contribution in [0.2, 0.25) is 0 Å². The Bertz CT molecular complexity index is 214. The first-order valence-corrected chi connectivity index (χ1v) is 5.06. The maximum absolute atomic E-state index is 2.58. The minimum absolute atomic E-state index is 0.901. The summed E-state index contributed by atoms with van der Waals surface area (Å²) in [5, 5.41) is 0. The summed E-state index contributed by atoms with van der Waals surface area (Å²) in [7, 11) is 0. The van der Waals surface area contributed by atoms with Crippen LogP contribution in [0.25, 0.3) is 0 Å². The number of allylic oxidation sites excluding steroid dienone is 2. The summed E-state index contributed by atoms with van der Waals surface area (Å²) < 4.78 is 0. The van der Waals surface area contributed by atoms with Crippen LogP contribution in [0.5, 0.6) is 0 Å². The van der Waals surface area contributed by atoms with Crippen LogP contribution in [-0.4, -0.2) is 0 Å². The van der Waals surface area contributed by atoms with Gasteiger partial charge in [-0.25, -0.2) is 0 Å². The van der Waals surface area contributed by atoms with Crippen molar-refractivity contribution in [2.75, 3.05) is 0 Å². The van der Waals surface area contributed by atoms with E-state index < -0.39 is 0 Å². The van der Waals surface area contributed by atoms with E-state index >= 15 is 0 Å². The summed E-state index contributed by atoms with van der Waals surface area (Å²) in [6, 6.07) is 0. The van der Waals surface area contributed by atoms with E-state index in [1.165, 1.54) is 12.8 Å². The summed E-state index contributed by atoms with van der Waals surface area (Å²) in [4.78, 5) is 0. The fourth-order valence-electron chi connectivity index (χ4n) is 3.64. The summed E-state index contributed by atoms with van der Waals surface area (Å²) in [6.07, 6.45) is 8.66. The van der Waals surface area contributed by atoms with Gasteiger partial charge in [-0.05, 0) is 49.4 Å². The zero-order valence-electron chi connectivity index (χ0n) is 7.22. The SMILES string of the molecule is CC1C=C2C3CCC(C3)C2C1. The molecule has 3 aliphatic rings. The molecule has 2 bridgehead atoms. The van der Waals surface area contributed by atoms with Gasteiger partial charge in [0.2, 0.25) is 0 Å². The van der Waals surface area contributed by atoms with E-state index in [9.17, 15) is 0 Å². The van der Waals surface area contributed by atoms with E-state index in [1.54, 1.807) is 12.8 Å². The van der Waals surface area contributed by atoms with Crippen LogP contribution in [0.4, 0.5) is 0 Å². The van der Waals surface area contributed by atoms with Crippen LogP contribution in [0.3, 0.4) is 0 Å². The minimum Gasteiger partial charge on any atom is -0.0819 e. The molecule has 0 aromatic rings. The van der Waals surface area contributed by atoms with Crippen molar-refractivity contribution in [1.82, 2.24) is 0 Å². The lowest BCUT2D eigenvalue weighted by molar-refractivity contribution is 0.381. The molecule has 4 atom stereocenters. The molecule has 0 heteroatoms. The molecule has 0 nitrogen and oxygen atoms in total. The molecule has 2 saturated carbocycles. The van der Waals surface area contributed by atoms with Gasteiger partial charge in [-0.15, -0.1) is 0 Å². The van der Waals surface area contributed by atoms with Crippen molar-refractivity contribution in [2.45, 2.75) is 32.6 Å². The van der Waals surface area contributed by atoms with Crippen molar-refractivity contribution in [1.29, 1.82) is 0 Å². The van der Waals surface area contributed by atoms with E-state index in [1.807, 2.05) is 5.57 Å². The number of rotatable bonds is 0. The molecule has 60 valence electrons. The van der Waals surface area contributed by atoms with Gasteiger partial charge in [0.25, 0.3) is 0 Å². The lowest BCUT2D eigenvalue weighted by atomic mass is 9.85. The second kappa shape index (κ2) is 1.91. The second-order valence-electron chi connectivity index (χ2n) is 4.76. The van der Waals surface area contributed by atoms with Crippen molar-refractivity contribution in [3.05, 3.63) is 11.6 Å². The Labute approximate surface area is 68.7 Å². The van der Waals surface area contributed by atoms with Gasteiger partial charge in [0, 0.05) is 0 Å². The van der Waals surface area contributed by atoms with E-state index in [0.717, 1.165) is 23.7 Å². The van der Waals surface area contributed by atoms with E-state index in [-0.39, 0.29) is 0 Å². The van der Waals surface area contributed by atoms with Gasteiger partial charge in [-0.2, -0.15) is 0 Å². The van der Waals surface area contributed by atoms with E-state index in [2.05, 4.69) is 13.0 Å². The number of hydrogen-bond donors (Lipinski definition) is 0. The highest BCUT2D eigenvalue weighted by molar-refractivity contribution is 5.26. The topological polar surface area (TPSA) is 0 Å². The monoisotopic (exact) mass is 148 g/mol. The average molecular weight is 148 g/mol. The number of fused-ring (bicyclic) bond motifs is 5. The third kappa shape index (κ3) is 0.706. The molecule has 0 heterocycles. The lowest BCUT2D eigenvalue weighted by Crippen LogP contribution is -2.09. The zero-order chi connectivity index (χ0) is 7.42. The molecule has 11 heavy (non-hydrogen) atoms. The molecule has 0 radical (unpaired) electrons. The van der Waals surface area contributed by atoms with Crippen molar-refractivity contribution in [3.63, 3.8) is 0 Å². The van der Waals surface area contributed by atoms with Gasteiger partial charge in [-0.3, -0.25) is 0 Å². The largest absolute Gasteiger partial charge is 0.0819 e. The maximum Gasteiger partial charge on any atom is -0.0166 e.